The molecule has 9 nitrogen and oxygen atoms in total. The van der Waals surface area contributed by atoms with Gasteiger partial charge >= 0.3 is 0 Å². The van der Waals surface area contributed by atoms with Gasteiger partial charge in [0.25, 0.3) is 5.89 Å². The van der Waals surface area contributed by atoms with Gasteiger partial charge in [-0.3, -0.25) is 0 Å². The van der Waals surface area contributed by atoms with Gasteiger partial charge in [-0.2, -0.15) is 0 Å². The van der Waals surface area contributed by atoms with Gasteiger partial charge in [0.2, 0.25) is 10.8 Å². The fraction of sp³-hybridized carbons (Fsp3) is 0.500. The first-order valence-electron chi connectivity index (χ1n) is 7.90. The predicted molar refractivity (Wildman–Crippen MR) is 90.7 cm³/mol. The Labute approximate surface area is 154 Å². The van der Waals surface area contributed by atoms with Gasteiger partial charge < -0.3 is 34.3 Å². The van der Waals surface area contributed by atoms with Crippen LogP contribution in [0.3, 0.4) is 0 Å². The van der Waals surface area contributed by atoms with Crippen LogP contribution in [-0.4, -0.2) is 68.8 Å². The van der Waals surface area contributed by atoms with E-state index in [4.69, 9.17) is 13.9 Å². The van der Waals surface area contributed by atoms with Crippen LogP contribution in [0.15, 0.2) is 28.7 Å². The molecule has 1 aromatic heterocycles. The van der Waals surface area contributed by atoms with Gasteiger partial charge in [-0.05, 0) is 17.7 Å². The quantitative estimate of drug-likeness (QED) is 0.420. The molecule has 4 N–H and O–H groups in total. The molecule has 0 saturated carbocycles. The van der Waals surface area contributed by atoms with E-state index in [-0.39, 0.29) is 11.8 Å². The van der Waals surface area contributed by atoms with Crippen LogP contribution in [0.2, 0.25) is 0 Å². The second-order valence-corrected chi connectivity index (χ2v) is 6.65. The van der Waals surface area contributed by atoms with E-state index in [1.165, 1.54) is 0 Å². The molecule has 2 heterocycles. The van der Waals surface area contributed by atoms with Crippen molar-refractivity contribution in [3.63, 3.8) is 0 Å². The van der Waals surface area contributed by atoms with Crippen molar-refractivity contribution in [1.29, 1.82) is 0 Å². The Balaban J connectivity index is 1.83. The van der Waals surface area contributed by atoms with Crippen LogP contribution in [0.1, 0.15) is 17.3 Å². The lowest BCUT2D eigenvalue weighted by atomic mass is 9.94. The molecule has 1 aliphatic rings. The van der Waals surface area contributed by atoms with Crippen molar-refractivity contribution in [1.82, 2.24) is 10.2 Å². The lowest BCUT2D eigenvalue weighted by molar-refractivity contribution is -0.250. The molecule has 0 bridgehead atoms. The molecule has 5 atom stereocenters. The Morgan fingerprint density at radius 3 is 2.69 bits per heavy atom. The number of aliphatic hydroxyl groups excluding tert-OH is 4. The molecular weight excluding hydrogens is 364 g/mol. The standard InChI is InChI=1S/C16H20N2O7S/c1-23-9-4-2-3-8(5-9)6-11-17-18-15(24-11)16(26)14(22)13(21)12(20)10(7-19)25-16/h2-5,10,12-14,19-22,26H,6-7H2,1H3/t10-,12-,13+,14-,16-/m1/s1. The third-order valence-corrected chi connectivity index (χ3v) is 4.79. The van der Waals surface area contributed by atoms with Crippen molar-refractivity contribution in [2.45, 2.75) is 35.8 Å². The van der Waals surface area contributed by atoms with E-state index < -0.39 is 36.0 Å². The van der Waals surface area contributed by atoms with Crippen molar-refractivity contribution >= 4 is 12.6 Å². The molecule has 0 unspecified atom stereocenters. The van der Waals surface area contributed by atoms with E-state index >= 15 is 0 Å². The van der Waals surface area contributed by atoms with Crippen molar-refractivity contribution in [2.75, 3.05) is 13.7 Å². The number of rotatable bonds is 5. The van der Waals surface area contributed by atoms with Gasteiger partial charge in [0.1, 0.15) is 30.2 Å². The average molecular weight is 384 g/mol. The number of ether oxygens (including phenoxy) is 2. The second-order valence-electron chi connectivity index (χ2n) is 5.99. The lowest BCUT2D eigenvalue weighted by Crippen LogP contribution is -2.61. The first kappa shape index (κ1) is 19.1. The maximum atomic E-state index is 10.3. The van der Waals surface area contributed by atoms with Crippen LogP contribution in [0, 0.1) is 0 Å². The molecule has 1 aliphatic heterocycles. The maximum Gasteiger partial charge on any atom is 0.261 e. The number of thiol groups is 1. The maximum absolute atomic E-state index is 10.3. The third kappa shape index (κ3) is 3.43. The predicted octanol–water partition coefficient (Wildman–Crippen LogP) is -0.775. The zero-order chi connectivity index (χ0) is 18.9. The van der Waals surface area contributed by atoms with Gasteiger partial charge in [0.05, 0.1) is 20.1 Å². The summed E-state index contributed by atoms with van der Waals surface area (Å²) in [4.78, 5) is -1.87. The summed E-state index contributed by atoms with van der Waals surface area (Å²) in [6, 6.07) is 7.30. The molecule has 2 aromatic rings. The molecular formula is C16H20N2O7S. The number of aromatic nitrogens is 2. The van der Waals surface area contributed by atoms with E-state index in [2.05, 4.69) is 22.8 Å². The smallest absolute Gasteiger partial charge is 0.261 e. The van der Waals surface area contributed by atoms with Crippen molar-refractivity contribution in [3.05, 3.63) is 41.6 Å². The minimum Gasteiger partial charge on any atom is -0.497 e. The molecule has 3 rings (SSSR count). The number of hydrogen-bond donors (Lipinski definition) is 5. The minimum absolute atomic E-state index is 0.185. The molecule has 10 heteroatoms. The van der Waals surface area contributed by atoms with E-state index in [1.54, 1.807) is 13.2 Å². The highest BCUT2D eigenvalue weighted by molar-refractivity contribution is 7.81. The summed E-state index contributed by atoms with van der Waals surface area (Å²) in [5.74, 6) is 0.733. The van der Waals surface area contributed by atoms with Crippen LogP contribution in [0.25, 0.3) is 0 Å². The Morgan fingerprint density at radius 1 is 1.23 bits per heavy atom. The first-order valence-corrected chi connectivity index (χ1v) is 8.34. The van der Waals surface area contributed by atoms with Crippen molar-refractivity contribution < 1.29 is 34.3 Å². The van der Waals surface area contributed by atoms with Gasteiger partial charge in [-0.1, -0.05) is 12.1 Å². The summed E-state index contributed by atoms with van der Waals surface area (Å²) in [6.45, 7) is -0.585. The minimum atomic E-state index is -1.87. The summed E-state index contributed by atoms with van der Waals surface area (Å²) >= 11 is 4.25. The van der Waals surface area contributed by atoms with Crippen molar-refractivity contribution in [3.8, 4) is 5.75 Å². The van der Waals surface area contributed by atoms with Gasteiger partial charge in [0, 0.05) is 0 Å². The topological polar surface area (TPSA) is 138 Å². The monoisotopic (exact) mass is 384 g/mol. The number of benzene rings is 1. The molecule has 1 aromatic carbocycles. The Bertz CT molecular complexity index is 756. The summed E-state index contributed by atoms with van der Waals surface area (Å²) in [5.41, 5.74) is 0.863. The molecule has 1 saturated heterocycles. The molecule has 26 heavy (non-hydrogen) atoms. The molecule has 1 fully saturated rings. The van der Waals surface area contributed by atoms with Gasteiger partial charge in [-0.25, -0.2) is 0 Å². The summed E-state index contributed by atoms with van der Waals surface area (Å²) in [6.07, 6.45) is -5.59. The van der Waals surface area contributed by atoms with Gasteiger partial charge in [0.15, 0.2) is 0 Å². The van der Waals surface area contributed by atoms with Crippen LogP contribution >= 0.6 is 12.6 Å². The van der Waals surface area contributed by atoms with Crippen LogP contribution in [0.5, 0.6) is 5.75 Å². The van der Waals surface area contributed by atoms with Crippen molar-refractivity contribution in [2.24, 2.45) is 0 Å². The number of nitrogens with zero attached hydrogens (tertiary/aromatic N) is 2. The summed E-state index contributed by atoms with van der Waals surface area (Å²) < 4.78 is 16.2. The normalized spacial score (nSPS) is 31.8. The first-order chi connectivity index (χ1) is 12.4. The lowest BCUT2D eigenvalue weighted by Gasteiger charge is -2.43. The van der Waals surface area contributed by atoms with Crippen LogP contribution in [0.4, 0.5) is 0 Å². The number of aliphatic hydroxyl groups is 4. The van der Waals surface area contributed by atoms with Crippen LogP contribution in [-0.2, 0) is 16.1 Å². The van der Waals surface area contributed by atoms with Gasteiger partial charge in [-0.15, -0.1) is 22.8 Å². The average Bonchev–Trinajstić information content (AvgIpc) is 3.12. The number of methoxy groups -OCH3 is 1. The van der Waals surface area contributed by atoms with E-state index in [0.29, 0.717) is 12.2 Å². The largest absolute Gasteiger partial charge is 0.497 e. The zero-order valence-corrected chi connectivity index (χ0v) is 14.8. The Hall–Kier alpha value is -1.69. The SMILES string of the molecule is COc1cccc(Cc2nnc([C@@]3(S)O[C@H](CO)[C@@H](O)[C@H](O)[C@H]3O)o2)c1. The van der Waals surface area contributed by atoms with E-state index in [9.17, 15) is 20.4 Å². The highest BCUT2D eigenvalue weighted by atomic mass is 32.1. The fourth-order valence-corrected chi connectivity index (χ4v) is 3.14. The third-order valence-electron chi connectivity index (χ3n) is 4.23. The molecule has 0 radical (unpaired) electrons. The zero-order valence-electron chi connectivity index (χ0n) is 13.9. The number of hydrogen-bond acceptors (Lipinski definition) is 10. The summed E-state index contributed by atoms with van der Waals surface area (Å²) in [7, 11) is 1.56. The highest BCUT2D eigenvalue weighted by Gasteiger charge is 2.55. The second kappa shape index (κ2) is 7.51. The Kier molecular flexibility index (Phi) is 5.51. The highest BCUT2D eigenvalue weighted by Crippen LogP contribution is 2.41. The Morgan fingerprint density at radius 2 is 2.00 bits per heavy atom. The fourth-order valence-electron chi connectivity index (χ4n) is 2.76. The molecule has 0 spiro atoms. The summed E-state index contributed by atoms with van der Waals surface area (Å²) in [5, 5.41) is 47.2. The molecule has 0 amide bonds. The van der Waals surface area contributed by atoms with Crippen LogP contribution < -0.4 is 4.74 Å². The molecule has 142 valence electrons. The van der Waals surface area contributed by atoms with E-state index in [1.807, 2.05) is 18.2 Å². The molecule has 0 aliphatic carbocycles. The van der Waals surface area contributed by atoms with E-state index in [0.717, 1.165) is 5.56 Å².